The second kappa shape index (κ2) is 5.66. The standard InChI is InChI=1S/C11H20N4/c1-8(2)4-10(6-12)14-11-5-9(3)7-13-15-11/h5,7-8,10H,4,6,12H2,1-3H3,(H,14,15). The number of aromatic nitrogens is 2. The van der Waals surface area contributed by atoms with Gasteiger partial charge in [0.25, 0.3) is 0 Å². The van der Waals surface area contributed by atoms with E-state index in [0.717, 1.165) is 17.8 Å². The Morgan fingerprint density at radius 2 is 2.20 bits per heavy atom. The molecule has 1 heterocycles. The number of nitrogens with one attached hydrogen (secondary N) is 1. The first-order valence-electron chi connectivity index (χ1n) is 5.37. The highest BCUT2D eigenvalue weighted by molar-refractivity contribution is 5.36. The summed E-state index contributed by atoms with van der Waals surface area (Å²) in [6.07, 6.45) is 2.79. The predicted molar refractivity (Wildman–Crippen MR) is 62.7 cm³/mol. The number of aryl methyl sites for hydroxylation is 1. The summed E-state index contributed by atoms with van der Waals surface area (Å²) in [4.78, 5) is 0. The minimum Gasteiger partial charge on any atom is -0.365 e. The number of nitrogens with zero attached hydrogens (tertiary/aromatic N) is 2. The smallest absolute Gasteiger partial charge is 0.149 e. The molecule has 0 radical (unpaired) electrons. The van der Waals surface area contributed by atoms with E-state index in [1.165, 1.54) is 0 Å². The molecule has 15 heavy (non-hydrogen) atoms. The molecule has 0 saturated carbocycles. The van der Waals surface area contributed by atoms with Crippen LogP contribution in [0.1, 0.15) is 25.8 Å². The van der Waals surface area contributed by atoms with E-state index in [1.54, 1.807) is 6.20 Å². The van der Waals surface area contributed by atoms with E-state index < -0.39 is 0 Å². The molecule has 0 aliphatic carbocycles. The van der Waals surface area contributed by atoms with Crippen molar-refractivity contribution in [3.8, 4) is 0 Å². The van der Waals surface area contributed by atoms with Gasteiger partial charge in [-0.15, -0.1) is 5.10 Å². The third-order valence-electron chi connectivity index (χ3n) is 2.18. The third-order valence-corrected chi connectivity index (χ3v) is 2.18. The molecule has 0 aliphatic rings. The van der Waals surface area contributed by atoms with Crippen LogP contribution < -0.4 is 11.1 Å². The van der Waals surface area contributed by atoms with E-state index in [0.29, 0.717) is 12.5 Å². The van der Waals surface area contributed by atoms with Gasteiger partial charge in [-0.2, -0.15) is 5.10 Å². The fourth-order valence-electron chi connectivity index (χ4n) is 1.53. The van der Waals surface area contributed by atoms with Crippen LogP contribution in [0.15, 0.2) is 12.3 Å². The second-order valence-electron chi connectivity index (χ2n) is 4.32. The van der Waals surface area contributed by atoms with Crippen molar-refractivity contribution < 1.29 is 0 Å². The lowest BCUT2D eigenvalue weighted by molar-refractivity contribution is 0.520. The molecule has 4 heteroatoms. The number of nitrogens with two attached hydrogens (primary N) is 1. The number of anilines is 1. The number of rotatable bonds is 5. The van der Waals surface area contributed by atoms with Crippen LogP contribution in [-0.4, -0.2) is 22.8 Å². The first-order chi connectivity index (χ1) is 7.11. The van der Waals surface area contributed by atoms with E-state index in [2.05, 4.69) is 29.4 Å². The van der Waals surface area contributed by atoms with E-state index in [1.807, 2.05) is 13.0 Å². The van der Waals surface area contributed by atoms with Crippen molar-refractivity contribution >= 4 is 5.82 Å². The molecule has 1 aromatic rings. The van der Waals surface area contributed by atoms with Gasteiger partial charge < -0.3 is 11.1 Å². The maximum atomic E-state index is 5.70. The van der Waals surface area contributed by atoms with Crippen LogP contribution in [0.3, 0.4) is 0 Å². The molecule has 0 spiro atoms. The van der Waals surface area contributed by atoms with Gasteiger partial charge in [0, 0.05) is 12.6 Å². The SMILES string of the molecule is Cc1cnnc(NC(CN)CC(C)C)c1. The lowest BCUT2D eigenvalue weighted by Gasteiger charge is -2.19. The summed E-state index contributed by atoms with van der Waals surface area (Å²) in [5, 5.41) is 11.2. The molecule has 84 valence electrons. The van der Waals surface area contributed by atoms with Crippen molar-refractivity contribution in [2.75, 3.05) is 11.9 Å². The summed E-state index contributed by atoms with van der Waals surface area (Å²) < 4.78 is 0. The molecule has 0 fully saturated rings. The zero-order valence-corrected chi connectivity index (χ0v) is 9.70. The molecule has 0 aromatic carbocycles. The Kier molecular flexibility index (Phi) is 4.49. The monoisotopic (exact) mass is 208 g/mol. The van der Waals surface area contributed by atoms with Crippen molar-refractivity contribution in [2.24, 2.45) is 11.7 Å². The summed E-state index contributed by atoms with van der Waals surface area (Å²) in [7, 11) is 0. The van der Waals surface area contributed by atoms with Gasteiger partial charge >= 0.3 is 0 Å². The molecule has 0 bridgehead atoms. The van der Waals surface area contributed by atoms with E-state index in [9.17, 15) is 0 Å². The Morgan fingerprint density at radius 3 is 2.73 bits per heavy atom. The van der Waals surface area contributed by atoms with Crippen LogP contribution in [-0.2, 0) is 0 Å². The van der Waals surface area contributed by atoms with Gasteiger partial charge in [0.1, 0.15) is 5.82 Å². The van der Waals surface area contributed by atoms with Crippen molar-refractivity contribution in [1.29, 1.82) is 0 Å². The maximum absolute atomic E-state index is 5.70. The highest BCUT2D eigenvalue weighted by Gasteiger charge is 2.09. The van der Waals surface area contributed by atoms with Crippen molar-refractivity contribution in [1.82, 2.24) is 10.2 Å². The van der Waals surface area contributed by atoms with Gasteiger partial charge in [0.15, 0.2) is 0 Å². The van der Waals surface area contributed by atoms with E-state index in [-0.39, 0.29) is 6.04 Å². The minimum absolute atomic E-state index is 0.279. The van der Waals surface area contributed by atoms with Gasteiger partial charge in [0.2, 0.25) is 0 Å². The van der Waals surface area contributed by atoms with Crippen LogP contribution in [0.5, 0.6) is 0 Å². The largest absolute Gasteiger partial charge is 0.365 e. The van der Waals surface area contributed by atoms with Gasteiger partial charge in [-0.05, 0) is 30.9 Å². The van der Waals surface area contributed by atoms with Crippen LogP contribution in [0, 0.1) is 12.8 Å². The van der Waals surface area contributed by atoms with Crippen LogP contribution in [0.4, 0.5) is 5.82 Å². The Hall–Kier alpha value is -1.16. The first kappa shape index (κ1) is 11.9. The molecule has 1 aromatic heterocycles. The average Bonchev–Trinajstić information content (AvgIpc) is 2.16. The normalized spacial score (nSPS) is 12.9. The third kappa shape index (κ3) is 4.25. The molecule has 0 aliphatic heterocycles. The highest BCUT2D eigenvalue weighted by Crippen LogP contribution is 2.10. The highest BCUT2D eigenvalue weighted by atomic mass is 15.2. The molecule has 1 rings (SSSR count). The summed E-state index contributed by atoms with van der Waals surface area (Å²) in [6.45, 7) is 6.99. The van der Waals surface area contributed by atoms with Gasteiger partial charge in [-0.1, -0.05) is 13.8 Å². The van der Waals surface area contributed by atoms with Crippen molar-refractivity contribution in [3.63, 3.8) is 0 Å². The lowest BCUT2D eigenvalue weighted by atomic mass is 10.0. The van der Waals surface area contributed by atoms with Crippen LogP contribution in [0.25, 0.3) is 0 Å². The molecular formula is C11H20N4. The second-order valence-corrected chi connectivity index (χ2v) is 4.32. The van der Waals surface area contributed by atoms with Crippen LogP contribution >= 0.6 is 0 Å². The molecule has 0 saturated heterocycles. The molecule has 4 nitrogen and oxygen atoms in total. The lowest BCUT2D eigenvalue weighted by Crippen LogP contribution is -2.30. The molecule has 0 amide bonds. The zero-order valence-electron chi connectivity index (χ0n) is 9.70. The quantitative estimate of drug-likeness (QED) is 0.771. The van der Waals surface area contributed by atoms with E-state index in [4.69, 9.17) is 5.73 Å². The van der Waals surface area contributed by atoms with Gasteiger partial charge in [-0.25, -0.2) is 0 Å². The summed E-state index contributed by atoms with van der Waals surface area (Å²) in [5.74, 6) is 1.44. The zero-order chi connectivity index (χ0) is 11.3. The summed E-state index contributed by atoms with van der Waals surface area (Å²) in [6, 6.07) is 2.26. The predicted octanol–water partition coefficient (Wildman–Crippen LogP) is 1.57. The first-order valence-corrected chi connectivity index (χ1v) is 5.37. The number of hydrogen-bond donors (Lipinski definition) is 2. The molecule has 1 unspecified atom stereocenters. The molecular weight excluding hydrogens is 188 g/mol. The minimum atomic E-state index is 0.279. The Morgan fingerprint density at radius 1 is 1.47 bits per heavy atom. The van der Waals surface area contributed by atoms with E-state index >= 15 is 0 Å². The van der Waals surface area contributed by atoms with Gasteiger partial charge in [0.05, 0.1) is 6.20 Å². The number of hydrogen-bond acceptors (Lipinski definition) is 4. The Labute approximate surface area is 91.3 Å². The molecule has 1 atom stereocenters. The topological polar surface area (TPSA) is 63.8 Å². The summed E-state index contributed by atoms with van der Waals surface area (Å²) >= 11 is 0. The average molecular weight is 208 g/mol. The van der Waals surface area contributed by atoms with Crippen LogP contribution in [0.2, 0.25) is 0 Å². The molecule has 3 N–H and O–H groups in total. The maximum Gasteiger partial charge on any atom is 0.149 e. The van der Waals surface area contributed by atoms with Crippen molar-refractivity contribution in [2.45, 2.75) is 33.2 Å². The Balaban J connectivity index is 2.58. The fourth-order valence-corrected chi connectivity index (χ4v) is 1.53. The van der Waals surface area contributed by atoms with Gasteiger partial charge in [-0.3, -0.25) is 0 Å². The summed E-state index contributed by atoms with van der Waals surface area (Å²) in [5.41, 5.74) is 6.80. The Bertz CT molecular complexity index is 298. The van der Waals surface area contributed by atoms with Crippen molar-refractivity contribution in [3.05, 3.63) is 17.8 Å². The fraction of sp³-hybridized carbons (Fsp3) is 0.636.